The maximum Gasteiger partial charge on any atom is 0.220 e. The summed E-state index contributed by atoms with van der Waals surface area (Å²) in [6.45, 7) is 2.62. The fourth-order valence-electron chi connectivity index (χ4n) is 10.2. The molecule has 12 unspecified atom stereocenters. The van der Waals surface area contributed by atoms with Gasteiger partial charge in [0.25, 0.3) is 0 Å². The molecule has 0 bridgehead atoms. The van der Waals surface area contributed by atoms with Gasteiger partial charge >= 0.3 is 0 Å². The first-order valence-electron chi connectivity index (χ1n) is 34.7. The summed E-state index contributed by atoms with van der Waals surface area (Å²) in [6.07, 6.45) is 73.0. The lowest BCUT2D eigenvalue weighted by Gasteiger charge is -2.46. The molecule has 2 aliphatic rings. The molecule has 90 heavy (non-hydrogen) atoms. The molecule has 0 aromatic carbocycles. The van der Waals surface area contributed by atoms with Gasteiger partial charge < -0.3 is 65.1 Å². The molecule has 1 amide bonds. The van der Waals surface area contributed by atoms with Gasteiger partial charge in [0.2, 0.25) is 5.91 Å². The van der Waals surface area contributed by atoms with Gasteiger partial charge in [-0.2, -0.15) is 0 Å². The topological polar surface area (TPSA) is 228 Å². The van der Waals surface area contributed by atoms with Crippen molar-refractivity contribution in [2.45, 2.75) is 293 Å². The van der Waals surface area contributed by atoms with Crippen LogP contribution in [0, 0.1) is 0 Å². The van der Waals surface area contributed by atoms with Crippen LogP contribution in [0.1, 0.15) is 219 Å². The van der Waals surface area contributed by atoms with E-state index in [1.54, 1.807) is 6.08 Å². The summed E-state index contributed by atoms with van der Waals surface area (Å²) in [6, 6.07) is -0.951. The smallest absolute Gasteiger partial charge is 0.220 e. The number of amides is 1. The van der Waals surface area contributed by atoms with Crippen LogP contribution in [0.15, 0.2) is 158 Å². The number of unbranched alkanes of at least 4 members (excludes halogenated alkanes) is 17. The summed E-state index contributed by atoms with van der Waals surface area (Å²) < 4.78 is 22.8. The Balaban J connectivity index is 1.63. The van der Waals surface area contributed by atoms with Crippen molar-refractivity contribution in [3.05, 3.63) is 158 Å². The molecule has 2 rings (SSSR count). The Morgan fingerprint density at radius 1 is 0.411 bits per heavy atom. The number of nitrogens with one attached hydrogen (secondary N) is 1. The average molecular weight is 1260 g/mol. The van der Waals surface area contributed by atoms with Crippen LogP contribution in [0.2, 0.25) is 0 Å². The first kappa shape index (κ1) is 81.7. The van der Waals surface area contributed by atoms with Crippen molar-refractivity contribution in [1.29, 1.82) is 0 Å². The van der Waals surface area contributed by atoms with Gasteiger partial charge in [-0.15, -0.1) is 0 Å². The first-order valence-corrected chi connectivity index (χ1v) is 34.7. The van der Waals surface area contributed by atoms with E-state index in [0.717, 1.165) is 116 Å². The standard InChI is InChI=1S/C76H123NO13/c1-3-5-7-9-11-13-15-17-19-20-21-22-23-24-25-26-27-28-29-30-31-32-33-34-35-36-37-38-39-40-41-42-43-44-46-48-50-52-54-56-58-60-68(81)77-64(65(80)59-57-55-53-51-49-47-45-18-16-14-12-10-8-6-4-2)63-87-75-73(86)71(84)74(67(62-79)89-75)90-76-72(85)70(83)69(82)66(61-78)88-76/h5,7,11,13,16-19,21-22,24-25,27-28,30-31,33-34,36-37,39-40,49,51,57,59,64-67,69-76,78-80,82-86H,3-4,6,8-10,12,14-15,20,23,26,29,32,35,38,41-48,50,52-56,58,60-63H2,1-2H3,(H,77,81)/b7-5-,13-11-,18-16+,19-17-,22-21-,25-24-,28-27-,31-30-,34-33-,37-36-,40-39-,51-49+,59-57+. The van der Waals surface area contributed by atoms with E-state index in [9.17, 15) is 45.6 Å². The summed E-state index contributed by atoms with van der Waals surface area (Å²) >= 11 is 0. The lowest BCUT2D eigenvalue weighted by Crippen LogP contribution is -2.65. The SMILES string of the molecule is CC/C=C\C/C=C\C/C=C\C/C=C\C/C=C\C/C=C\C/C=C\C/C=C\C/C=C\C/C=C\CCCCCCCCCCCCC(=O)NC(COC1OC(CO)C(OC2OC(CO)C(O)C(O)C2O)C(O)C1O)C(O)/C=C/CC/C=C/CC/C=C/CCCCCCC. The minimum absolute atomic E-state index is 0.254. The summed E-state index contributed by atoms with van der Waals surface area (Å²) in [5, 5.41) is 87.2. The molecule has 2 heterocycles. The van der Waals surface area contributed by atoms with Crippen LogP contribution in [0.4, 0.5) is 0 Å². The highest BCUT2D eigenvalue weighted by Crippen LogP contribution is 2.30. The average Bonchev–Trinajstić information content (AvgIpc) is 1.58. The van der Waals surface area contributed by atoms with Crippen LogP contribution in [0.3, 0.4) is 0 Å². The van der Waals surface area contributed by atoms with Crippen LogP contribution in [-0.4, -0.2) is 140 Å². The van der Waals surface area contributed by atoms with Crippen LogP contribution in [0.25, 0.3) is 0 Å². The zero-order chi connectivity index (χ0) is 65.2. The number of allylic oxidation sites excluding steroid dienone is 25. The molecule has 0 radical (unpaired) electrons. The predicted molar refractivity (Wildman–Crippen MR) is 368 cm³/mol. The summed E-state index contributed by atoms with van der Waals surface area (Å²) in [5.41, 5.74) is 0. The van der Waals surface area contributed by atoms with Gasteiger partial charge in [0, 0.05) is 6.42 Å². The molecule has 0 spiro atoms. The highest BCUT2D eigenvalue weighted by atomic mass is 16.7. The second-order valence-corrected chi connectivity index (χ2v) is 23.5. The van der Waals surface area contributed by atoms with Gasteiger partial charge in [-0.1, -0.05) is 249 Å². The van der Waals surface area contributed by atoms with Crippen molar-refractivity contribution >= 4 is 5.91 Å². The molecule has 14 heteroatoms. The van der Waals surface area contributed by atoms with Crippen LogP contribution in [-0.2, 0) is 23.7 Å². The highest BCUT2D eigenvalue weighted by molar-refractivity contribution is 5.76. The lowest BCUT2D eigenvalue weighted by molar-refractivity contribution is -0.359. The molecule has 510 valence electrons. The van der Waals surface area contributed by atoms with Gasteiger partial charge in [-0.25, -0.2) is 0 Å². The second kappa shape index (κ2) is 58.4. The Morgan fingerprint density at radius 3 is 1.22 bits per heavy atom. The molecule has 0 saturated carbocycles. The van der Waals surface area contributed by atoms with Gasteiger partial charge in [0.15, 0.2) is 12.6 Å². The molecule has 9 N–H and O–H groups in total. The van der Waals surface area contributed by atoms with E-state index in [1.165, 1.54) is 70.6 Å². The number of hydrogen-bond donors (Lipinski definition) is 9. The molecule has 2 fully saturated rings. The minimum atomic E-state index is -1.80. The third-order valence-electron chi connectivity index (χ3n) is 15.7. The van der Waals surface area contributed by atoms with E-state index < -0.39 is 86.8 Å². The Hall–Kier alpha value is -4.39. The van der Waals surface area contributed by atoms with E-state index in [0.29, 0.717) is 12.8 Å². The molecule has 14 nitrogen and oxygen atoms in total. The molecule has 12 atom stereocenters. The maximum absolute atomic E-state index is 13.3. The Labute approximate surface area is 544 Å². The molecular weight excluding hydrogens is 1130 g/mol. The van der Waals surface area contributed by atoms with Crippen LogP contribution < -0.4 is 5.32 Å². The Kier molecular flexibility index (Phi) is 53.0. The van der Waals surface area contributed by atoms with Crippen molar-refractivity contribution in [3.63, 3.8) is 0 Å². The summed E-state index contributed by atoms with van der Waals surface area (Å²) in [4.78, 5) is 13.3. The van der Waals surface area contributed by atoms with Gasteiger partial charge in [0.1, 0.15) is 48.8 Å². The summed E-state index contributed by atoms with van der Waals surface area (Å²) in [7, 11) is 0. The van der Waals surface area contributed by atoms with Crippen molar-refractivity contribution in [2.75, 3.05) is 19.8 Å². The molecule has 2 saturated heterocycles. The Morgan fingerprint density at radius 2 is 0.778 bits per heavy atom. The fraction of sp³-hybridized carbons (Fsp3) is 0.645. The molecule has 0 aliphatic carbocycles. The van der Waals surface area contributed by atoms with Gasteiger partial charge in [-0.05, 0) is 122 Å². The van der Waals surface area contributed by atoms with E-state index in [1.807, 2.05) is 6.08 Å². The van der Waals surface area contributed by atoms with Gasteiger partial charge in [-0.3, -0.25) is 4.79 Å². The largest absolute Gasteiger partial charge is 0.394 e. The molecule has 0 aromatic rings. The third-order valence-corrected chi connectivity index (χ3v) is 15.7. The monoisotopic (exact) mass is 1260 g/mol. The zero-order valence-electron chi connectivity index (χ0n) is 55.3. The van der Waals surface area contributed by atoms with E-state index in [-0.39, 0.29) is 18.9 Å². The number of hydrogen-bond acceptors (Lipinski definition) is 13. The van der Waals surface area contributed by atoms with E-state index in [2.05, 4.69) is 165 Å². The Bertz CT molecular complexity index is 2120. The van der Waals surface area contributed by atoms with Crippen molar-refractivity contribution in [3.8, 4) is 0 Å². The van der Waals surface area contributed by atoms with Crippen LogP contribution in [0.5, 0.6) is 0 Å². The molecular formula is C76H123NO13. The molecule has 2 aliphatic heterocycles. The van der Waals surface area contributed by atoms with Crippen molar-refractivity contribution < 1.29 is 64.6 Å². The predicted octanol–water partition coefficient (Wildman–Crippen LogP) is 14.2. The number of rotatable bonds is 54. The number of carbonyl (C=O) groups excluding carboxylic acids is 1. The first-order chi connectivity index (χ1) is 44.1. The quantitative estimate of drug-likeness (QED) is 0.0204. The number of aliphatic hydroxyl groups is 8. The van der Waals surface area contributed by atoms with Crippen LogP contribution >= 0.6 is 0 Å². The summed E-state index contributed by atoms with van der Waals surface area (Å²) in [5.74, 6) is -0.265. The van der Waals surface area contributed by atoms with Crippen molar-refractivity contribution in [2.24, 2.45) is 0 Å². The number of aliphatic hydroxyl groups excluding tert-OH is 8. The number of ether oxygens (including phenoxy) is 4. The maximum atomic E-state index is 13.3. The fourth-order valence-corrected chi connectivity index (χ4v) is 10.2. The van der Waals surface area contributed by atoms with E-state index in [4.69, 9.17) is 18.9 Å². The zero-order valence-corrected chi connectivity index (χ0v) is 55.3. The second-order valence-electron chi connectivity index (χ2n) is 23.5. The normalized spacial score (nSPS) is 23.9. The number of carbonyl (C=O) groups is 1. The minimum Gasteiger partial charge on any atom is -0.394 e. The van der Waals surface area contributed by atoms with Gasteiger partial charge in [0.05, 0.1) is 32.0 Å². The van der Waals surface area contributed by atoms with Crippen molar-refractivity contribution in [1.82, 2.24) is 5.32 Å². The molecule has 0 aromatic heterocycles. The lowest BCUT2D eigenvalue weighted by atomic mass is 9.97. The van der Waals surface area contributed by atoms with E-state index >= 15 is 0 Å². The highest BCUT2D eigenvalue weighted by Gasteiger charge is 2.51. The third kappa shape index (κ3) is 42.0.